The summed E-state index contributed by atoms with van der Waals surface area (Å²) in [5.41, 5.74) is 1.60. The standard InChI is InChI=1S/C24H21ClN2O4S/c1-16(17-6-4-3-5-7-17)26-23-24(32(28,29)21-14-10-19(25)11-15-21)27-22(31-23)18-8-12-20(30-2)13-9-18/h3-16,26H,1-2H3. The van der Waals surface area contributed by atoms with E-state index in [0.29, 0.717) is 16.3 Å². The smallest absolute Gasteiger partial charge is 0.234 e. The Kier molecular flexibility index (Phi) is 6.21. The Morgan fingerprint density at radius 3 is 2.25 bits per heavy atom. The predicted octanol–water partition coefficient (Wildman–Crippen LogP) is 6.01. The molecule has 0 radical (unpaired) electrons. The molecular weight excluding hydrogens is 448 g/mol. The summed E-state index contributed by atoms with van der Waals surface area (Å²) in [6.45, 7) is 1.92. The zero-order valence-corrected chi connectivity index (χ0v) is 19.0. The molecule has 164 valence electrons. The van der Waals surface area contributed by atoms with Crippen LogP contribution in [0.3, 0.4) is 0 Å². The summed E-state index contributed by atoms with van der Waals surface area (Å²) in [6.07, 6.45) is 0. The highest BCUT2D eigenvalue weighted by atomic mass is 35.5. The van der Waals surface area contributed by atoms with Gasteiger partial charge in [0, 0.05) is 10.6 Å². The zero-order valence-electron chi connectivity index (χ0n) is 17.4. The Labute approximate surface area is 191 Å². The van der Waals surface area contributed by atoms with Gasteiger partial charge in [0.25, 0.3) is 0 Å². The third-order valence-electron chi connectivity index (χ3n) is 4.96. The van der Waals surface area contributed by atoms with Gasteiger partial charge in [-0.05, 0) is 61.0 Å². The molecule has 1 heterocycles. The second-order valence-corrected chi connectivity index (χ2v) is 9.42. The second kappa shape index (κ2) is 9.06. The van der Waals surface area contributed by atoms with Crippen molar-refractivity contribution in [1.82, 2.24) is 4.98 Å². The molecule has 0 spiro atoms. The number of halogens is 1. The first-order valence-electron chi connectivity index (χ1n) is 9.86. The van der Waals surface area contributed by atoms with Gasteiger partial charge in [0.15, 0.2) is 0 Å². The lowest BCUT2D eigenvalue weighted by Crippen LogP contribution is -2.10. The van der Waals surface area contributed by atoms with Crippen LogP contribution in [0.5, 0.6) is 5.75 Å². The molecule has 1 aromatic heterocycles. The van der Waals surface area contributed by atoms with Gasteiger partial charge in [0.2, 0.25) is 26.6 Å². The summed E-state index contributed by atoms with van der Waals surface area (Å²) >= 11 is 5.93. The maximum absolute atomic E-state index is 13.4. The van der Waals surface area contributed by atoms with Crippen LogP contribution in [0.2, 0.25) is 5.02 Å². The summed E-state index contributed by atoms with van der Waals surface area (Å²) in [5.74, 6) is 0.926. The number of anilines is 1. The van der Waals surface area contributed by atoms with Crippen molar-refractivity contribution in [2.75, 3.05) is 12.4 Å². The van der Waals surface area contributed by atoms with Gasteiger partial charge >= 0.3 is 0 Å². The summed E-state index contributed by atoms with van der Waals surface area (Å²) in [7, 11) is -2.39. The Hall–Kier alpha value is -3.29. The van der Waals surface area contributed by atoms with Crippen LogP contribution in [0.4, 0.5) is 5.88 Å². The van der Waals surface area contributed by atoms with Gasteiger partial charge in [0.05, 0.1) is 18.0 Å². The van der Waals surface area contributed by atoms with Crippen molar-refractivity contribution in [3.8, 4) is 17.2 Å². The van der Waals surface area contributed by atoms with Crippen LogP contribution >= 0.6 is 11.6 Å². The summed E-state index contributed by atoms with van der Waals surface area (Å²) in [6, 6.07) is 22.4. The number of ether oxygens (including phenoxy) is 1. The van der Waals surface area contributed by atoms with Crippen LogP contribution in [0.1, 0.15) is 18.5 Å². The number of hydrogen-bond donors (Lipinski definition) is 1. The van der Waals surface area contributed by atoms with E-state index in [4.69, 9.17) is 20.8 Å². The van der Waals surface area contributed by atoms with E-state index in [9.17, 15) is 8.42 Å². The Bertz CT molecular complexity index is 1300. The van der Waals surface area contributed by atoms with E-state index < -0.39 is 9.84 Å². The number of aromatic nitrogens is 1. The molecule has 0 aliphatic heterocycles. The molecule has 0 bridgehead atoms. The van der Waals surface area contributed by atoms with Gasteiger partial charge in [-0.15, -0.1) is 0 Å². The summed E-state index contributed by atoms with van der Waals surface area (Å²) < 4.78 is 37.9. The number of nitrogens with zero attached hydrogens (tertiary/aromatic N) is 1. The van der Waals surface area contributed by atoms with Crippen LogP contribution < -0.4 is 10.1 Å². The molecule has 3 aromatic carbocycles. The number of hydrogen-bond acceptors (Lipinski definition) is 6. The maximum Gasteiger partial charge on any atom is 0.234 e. The minimum Gasteiger partial charge on any atom is -0.497 e. The van der Waals surface area contributed by atoms with E-state index >= 15 is 0 Å². The molecule has 8 heteroatoms. The topological polar surface area (TPSA) is 81.4 Å². The second-order valence-electron chi connectivity index (χ2n) is 7.12. The van der Waals surface area contributed by atoms with E-state index in [0.717, 1.165) is 5.56 Å². The first-order chi connectivity index (χ1) is 15.4. The highest BCUT2D eigenvalue weighted by molar-refractivity contribution is 7.91. The highest BCUT2D eigenvalue weighted by Crippen LogP contribution is 2.35. The van der Waals surface area contributed by atoms with Crippen molar-refractivity contribution in [2.45, 2.75) is 22.9 Å². The van der Waals surface area contributed by atoms with Crippen LogP contribution in [0, 0.1) is 0 Å². The van der Waals surface area contributed by atoms with Crippen molar-refractivity contribution in [1.29, 1.82) is 0 Å². The third kappa shape index (κ3) is 4.49. The molecule has 1 atom stereocenters. The van der Waals surface area contributed by atoms with Gasteiger partial charge in [-0.2, -0.15) is 4.98 Å². The van der Waals surface area contributed by atoms with Crippen LogP contribution in [-0.2, 0) is 9.84 Å². The lowest BCUT2D eigenvalue weighted by molar-refractivity contribution is 0.415. The van der Waals surface area contributed by atoms with Gasteiger partial charge in [-0.1, -0.05) is 41.9 Å². The number of rotatable bonds is 7. The Morgan fingerprint density at radius 2 is 1.62 bits per heavy atom. The molecule has 0 saturated carbocycles. The molecule has 0 amide bonds. The quantitative estimate of drug-likeness (QED) is 0.357. The number of nitrogens with one attached hydrogen (secondary N) is 1. The predicted molar refractivity (Wildman–Crippen MR) is 124 cm³/mol. The monoisotopic (exact) mass is 468 g/mol. The summed E-state index contributed by atoms with van der Waals surface area (Å²) in [5, 5.41) is 3.42. The average Bonchev–Trinajstić information content (AvgIpc) is 3.24. The molecule has 4 aromatic rings. The van der Waals surface area contributed by atoms with Crippen molar-refractivity contribution in [2.24, 2.45) is 0 Å². The zero-order chi connectivity index (χ0) is 22.7. The number of sulfone groups is 1. The normalized spacial score (nSPS) is 12.3. The maximum atomic E-state index is 13.4. The third-order valence-corrected chi connectivity index (χ3v) is 6.89. The fourth-order valence-electron chi connectivity index (χ4n) is 3.18. The SMILES string of the molecule is COc1ccc(-c2nc(S(=O)(=O)c3ccc(Cl)cc3)c(NC(C)c3ccccc3)o2)cc1. The first-order valence-corrected chi connectivity index (χ1v) is 11.7. The minimum atomic E-state index is -3.96. The van der Waals surface area contributed by atoms with Gasteiger partial charge < -0.3 is 14.5 Å². The Balaban J connectivity index is 1.79. The molecule has 0 saturated heterocycles. The Morgan fingerprint density at radius 1 is 0.969 bits per heavy atom. The van der Waals surface area contributed by atoms with Crippen molar-refractivity contribution in [3.05, 3.63) is 89.4 Å². The number of oxazole rings is 1. The summed E-state index contributed by atoms with van der Waals surface area (Å²) in [4.78, 5) is 4.44. The van der Waals surface area contributed by atoms with Crippen molar-refractivity contribution < 1.29 is 17.6 Å². The molecule has 0 aliphatic rings. The minimum absolute atomic E-state index is 0.0714. The lowest BCUT2D eigenvalue weighted by Gasteiger charge is -2.14. The number of benzene rings is 3. The largest absolute Gasteiger partial charge is 0.497 e. The van der Waals surface area contributed by atoms with Gasteiger partial charge in [0.1, 0.15) is 5.75 Å². The van der Waals surface area contributed by atoms with Crippen LogP contribution in [-0.4, -0.2) is 20.5 Å². The average molecular weight is 469 g/mol. The molecule has 1 unspecified atom stereocenters. The molecule has 32 heavy (non-hydrogen) atoms. The molecule has 0 aliphatic carbocycles. The fourth-order valence-corrected chi connectivity index (χ4v) is 4.58. The highest BCUT2D eigenvalue weighted by Gasteiger charge is 2.29. The molecule has 6 nitrogen and oxygen atoms in total. The van der Waals surface area contributed by atoms with Gasteiger partial charge in [-0.3, -0.25) is 0 Å². The van der Waals surface area contributed by atoms with Gasteiger partial charge in [-0.25, -0.2) is 8.42 Å². The van der Waals surface area contributed by atoms with E-state index in [1.54, 1.807) is 31.4 Å². The first kappa shape index (κ1) is 21.9. The molecule has 1 N–H and O–H groups in total. The molecular formula is C24H21ClN2O4S. The van der Waals surface area contributed by atoms with E-state index in [-0.39, 0.29) is 27.7 Å². The van der Waals surface area contributed by atoms with E-state index in [1.165, 1.54) is 24.3 Å². The molecule has 4 rings (SSSR count). The van der Waals surface area contributed by atoms with Crippen molar-refractivity contribution in [3.63, 3.8) is 0 Å². The van der Waals surface area contributed by atoms with Crippen LogP contribution in [0.15, 0.2) is 93.2 Å². The fraction of sp³-hybridized carbons (Fsp3) is 0.125. The lowest BCUT2D eigenvalue weighted by atomic mass is 10.1. The molecule has 0 fully saturated rings. The van der Waals surface area contributed by atoms with Crippen LogP contribution in [0.25, 0.3) is 11.5 Å². The van der Waals surface area contributed by atoms with E-state index in [2.05, 4.69) is 10.3 Å². The van der Waals surface area contributed by atoms with Crippen molar-refractivity contribution >= 4 is 27.3 Å². The number of methoxy groups -OCH3 is 1. The van der Waals surface area contributed by atoms with E-state index in [1.807, 2.05) is 37.3 Å².